The van der Waals surface area contributed by atoms with E-state index in [9.17, 15) is 4.79 Å². The van der Waals surface area contributed by atoms with Crippen LogP contribution in [0.15, 0.2) is 24.3 Å². The molecule has 1 N–H and O–H groups in total. The maximum absolute atomic E-state index is 10.6. The first-order valence-electron chi connectivity index (χ1n) is 3.98. The average molecular weight is 224 g/mol. The maximum atomic E-state index is 10.6. The normalized spacial score (nSPS) is 10.4. The van der Waals surface area contributed by atoms with Crippen LogP contribution in [0.3, 0.4) is 0 Å². The van der Waals surface area contributed by atoms with Crippen molar-refractivity contribution in [3.63, 3.8) is 0 Å². The summed E-state index contributed by atoms with van der Waals surface area (Å²) in [5.74, 6) is 0. The number of hydrogen-bond acceptors (Lipinski definition) is 2. The lowest BCUT2D eigenvalue weighted by molar-refractivity contribution is 0.112. The first kappa shape index (κ1) is 9.37. The summed E-state index contributed by atoms with van der Waals surface area (Å²) in [5, 5.41) is 1.56. The zero-order valence-corrected chi connectivity index (χ0v) is 8.65. The van der Waals surface area contributed by atoms with Crippen molar-refractivity contribution in [1.82, 2.24) is 4.98 Å². The Bertz CT molecular complexity index is 562. The van der Waals surface area contributed by atoms with Gasteiger partial charge in [-0.1, -0.05) is 29.9 Å². The van der Waals surface area contributed by atoms with Crippen molar-refractivity contribution >= 4 is 41.0 Å². The number of aromatic amines is 1. The molecule has 0 saturated carbocycles. The molecule has 0 unspecified atom stereocenters. The SMILES string of the molecule is O=Cc1cc2ccc(Cl)cc2[nH]c1=S. The van der Waals surface area contributed by atoms with Gasteiger partial charge in [0.1, 0.15) is 4.64 Å². The molecule has 0 saturated heterocycles. The minimum Gasteiger partial charge on any atom is -0.345 e. The van der Waals surface area contributed by atoms with Crippen LogP contribution in [0.2, 0.25) is 5.02 Å². The topological polar surface area (TPSA) is 32.9 Å². The fourth-order valence-corrected chi connectivity index (χ4v) is 1.67. The number of aromatic nitrogens is 1. The second-order valence-corrected chi connectivity index (χ2v) is 3.75. The number of nitrogens with one attached hydrogen (secondary N) is 1. The molecule has 2 aromatic rings. The first-order valence-corrected chi connectivity index (χ1v) is 4.77. The molecule has 1 aromatic carbocycles. The second kappa shape index (κ2) is 3.52. The van der Waals surface area contributed by atoms with Gasteiger partial charge in [-0.15, -0.1) is 0 Å². The van der Waals surface area contributed by atoms with Gasteiger partial charge in [-0.2, -0.15) is 0 Å². The molecule has 0 bridgehead atoms. The highest BCUT2D eigenvalue weighted by molar-refractivity contribution is 7.71. The van der Waals surface area contributed by atoms with Crippen molar-refractivity contribution < 1.29 is 4.79 Å². The van der Waals surface area contributed by atoms with Gasteiger partial charge < -0.3 is 4.98 Å². The average Bonchev–Trinajstić information content (AvgIpc) is 2.16. The predicted molar refractivity (Wildman–Crippen MR) is 59.5 cm³/mol. The number of pyridine rings is 1. The molecule has 0 aliphatic carbocycles. The molecule has 0 aliphatic rings. The number of carbonyl (C=O) groups excluding carboxylic acids is 1. The van der Waals surface area contributed by atoms with E-state index in [1.54, 1.807) is 18.2 Å². The number of carbonyl (C=O) groups is 1. The molecule has 1 aromatic heterocycles. The van der Waals surface area contributed by atoms with Crippen molar-refractivity contribution in [2.75, 3.05) is 0 Å². The highest BCUT2D eigenvalue weighted by atomic mass is 35.5. The fourth-order valence-electron chi connectivity index (χ4n) is 1.28. The number of H-pyrrole nitrogens is 1. The van der Waals surface area contributed by atoms with Crippen molar-refractivity contribution in [3.8, 4) is 0 Å². The van der Waals surface area contributed by atoms with Crippen molar-refractivity contribution in [2.45, 2.75) is 0 Å². The van der Waals surface area contributed by atoms with E-state index >= 15 is 0 Å². The molecular formula is C10H6ClNOS. The molecule has 2 nitrogen and oxygen atoms in total. The predicted octanol–water partition coefficient (Wildman–Crippen LogP) is 3.36. The van der Waals surface area contributed by atoms with E-state index < -0.39 is 0 Å². The summed E-state index contributed by atoms with van der Waals surface area (Å²) >= 11 is 10.8. The summed E-state index contributed by atoms with van der Waals surface area (Å²) in [6, 6.07) is 7.14. The summed E-state index contributed by atoms with van der Waals surface area (Å²) in [6.45, 7) is 0. The van der Waals surface area contributed by atoms with Gasteiger partial charge in [0.25, 0.3) is 0 Å². The lowest BCUT2D eigenvalue weighted by atomic mass is 10.2. The number of benzene rings is 1. The Kier molecular flexibility index (Phi) is 2.35. The third-order valence-electron chi connectivity index (χ3n) is 1.96. The van der Waals surface area contributed by atoms with Gasteiger partial charge in [0.05, 0.1) is 0 Å². The Morgan fingerprint density at radius 1 is 1.36 bits per heavy atom. The Labute approximate surface area is 90.5 Å². The number of fused-ring (bicyclic) bond motifs is 1. The standard InChI is InChI=1S/C10H6ClNOS/c11-8-2-1-6-3-7(5-13)10(14)12-9(6)4-8/h1-5H,(H,12,14). The molecule has 70 valence electrons. The number of hydrogen-bond donors (Lipinski definition) is 1. The fraction of sp³-hybridized carbons (Fsp3) is 0. The van der Waals surface area contributed by atoms with Crippen molar-refractivity contribution in [3.05, 3.63) is 39.5 Å². The van der Waals surface area contributed by atoms with E-state index in [4.69, 9.17) is 23.8 Å². The molecule has 0 atom stereocenters. The second-order valence-electron chi connectivity index (χ2n) is 2.90. The van der Waals surface area contributed by atoms with Gasteiger partial charge in [-0.3, -0.25) is 4.79 Å². The van der Waals surface area contributed by atoms with Crippen molar-refractivity contribution in [2.24, 2.45) is 0 Å². The molecule has 0 fully saturated rings. The molecule has 0 spiro atoms. The monoisotopic (exact) mass is 223 g/mol. The number of halogens is 1. The summed E-state index contributed by atoms with van der Waals surface area (Å²) in [4.78, 5) is 13.6. The molecule has 4 heteroatoms. The van der Waals surface area contributed by atoms with Crippen LogP contribution in [-0.4, -0.2) is 11.3 Å². The zero-order valence-electron chi connectivity index (χ0n) is 7.08. The van der Waals surface area contributed by atoms with E-state index in [-0.39, 0.29) is 0 Å². The van der Waals surface area contributed by atoms with Crippen LogP contribution in [0.1, 0.15) is 10.4 Å². The van der Waals surface area contributed by atoms with Gasteiger partial charge in [-0.25, -0.2) is 0 Å². The maximum Gasteiger partial charge on any atom is 0.153 e. The molecular weight excluding hydrogens is 218 g/mol. The highest BCUT2D eigenvalue weighted by Gasteiger charge is 1.99. The Hall–Kier alpha value is -1.19. The van der Waals surface area contributed by atoms with E-state index in [2.05, 4.69) is 4.98 Å². The molecule has 0 aliphatic heterocycles. The van der Waals surface area contributed by atoms with E-state index in [1.807, 2.05) is 6.07 Å². The van der Waals surface area contributed by atoms with E-state index in [0.29, 0.717) is 15.2 Å². The summed E-state index contributed by atoms with van der Waals surface area (Å²) in [5.41, 5.74) is 1.34. The summed E-state index contributed by atoms with van der Waals surface area (Å²) in [6.07, 6.45) is 0.743. The highest BCUT2D eigenvalue weighted by Crippen LogP contribution is 2.18. The Balaban J connectivity index is 2.86. The third kappa shape index (κ3) is 1.56. The minimum atomic E-state index is 0.440. The summed E-state index contributed by atoms with van der Waals surface area (Å²) in [7, 11) is 0. The van der Waals surface area contributed by atoms with Crippen molar-refractivity contribution in [1.29, 1.82) is 0 Å². The Morgan fingerprint density at radius 3 is 2.86 bits per heavy atom. The van der Waals surface area contributed by atoms with Gasteiger partial charge >= 0.3 is 0 Å². The third-order valence-corrected chi connectivity index (χ3v) is 2.54. The van der Waals surface area contributed by atoms with Gasteiger partial charge in [0.2, 0.25) is 0 Å². The van der Waals surface area contributed by atoms with Crippen LogP contribution in [0.25, 0.3) is 10.9 Å². The quantitative estimate of drug-likeness (QED) is 0.594. The zero-order chi connectivity index (χ0) is 10.1. The minimum absolute atomic E-state index is 0.440. The Morgan fingerprint density at radius 2 is 2.14 bits per heavy atom. The van der Waals surface area contributed by atoms with Gasteiger partial charge in [-0.05, 0) is 23.6 Å². The van der Waals surface area contributed by atoms with E-state index in [0.717, 1.165) is 17.2 Å². The molecule has 2 rings (SSSR count). The number of rotatable bonds is 1. The molecule has 1 heterocycles. The van der Waals surface area contributed by atoms with E-state index in [1.165, 1.54) is 0 Å². The lowest BCUT2D eigenvalue weighted by Crippen LogP contribution is -1.87. The number of aldehydes is 1. The van der Waals surface area contributed by atoms with Gasteiger partial charge in [0.15, 0.2) is 6.29 Å². The van der Waals surface area contributed by atoms with Crippen LogP contribution in [-0.2, 0) is 0 Å². The van der Waals surface area contributed by atoms with Crippen LogP contribution in [0, 0.1) is 4.64 Å². The summed E-state index contributed by atoms with van der Waals surface area (Å²) < 4.78 is 0.440. The molecule has 0 amide bonds. The van der Waals surface area contributed by atoms with Crippen LogP contribution >= 0.6 is 23.8 Å². The first-order chi connectivity index (χ1) is 6.70. The largest absolute Gasteiger partial charge is 0.345 e. The van der Waals surface area contributed by atoms with Gasteiger partial charge in [0, 0.05) is 16.1 Å². The lowest BCUT2D eigenvalue weighted by Gasteiger charge is -2.00. The van der Waals surface area contributed by atoms with Crippen LogP contribution in [0.5, 0.6) is 0 Å². The molecule has 0 radical (unpaired) electrons. The van der Waals surface area contributed by atoms with Crippen LogP contribution in [0.4, 0.5) is 0 Å². The van der Waals surface area contributed by atoms with Crippen LogP contribution < -0.4 is 0 Å². The molecule has 14 heavy (non-hydrogen) atoms. The smallest absolute Gasteiger partial charge is 0.153 e.